The molecule has 75 heavy (non-hydrogen) atoms. The number of ether oxygens (including phenoxy) is 1. The van der Waals surface area contributed by atoms with Crippen molar-refractivity contribution in [3.05, 3.63) is 173 Å². The molecule has 0 saturated carbocycles. The summed E-state index contributed by atoms with van der Waals surface area (Å²) < 4.78 is 68.9. The summed E-state index contributed by atoms with van der Waals surface area (Å²) in [4.78, 5) is 59.0. The summed E-state index contributed by atoms with van der Waals surface area (Å²) in [7, 11) is -7.02. The molecule has 0 radical (unpaired) electrons. The monoisotopic (exact) mass is 1060 g/mol. The van der Waals surface area contributed by atoms with Crippen LogP contribution < -0.4 is 30.7 Å². The number of rotatable bonds is 26. The number of aryl methyl sites for hydroxylation is 2. The number of hydrogen-bond donors (Lipinski definition) is 6. The van der Waals surface area contributed by atoms with Gasteiger partial charge in [-0.2, -0.15) is 13.1 Å². The Morgan fingerprint density at radius 2 is 1.51 bits per heavy atom. The predicted octanol–water partition coefficient (Wildman–Crippen LogP) is 5.46. The fourth-order valence-electron chi connectivity index (χ4n) is 9.70. The Morgan fingerprint density at radius 1 is 0.907 bits per heavy atom. The highest BCUT2D eigenvalue weighted by Gasteiger charge is 2.40. The van der Waals surface area contributed by atoms with Crippen molar-refractivity contribution in [3.63, 3.8) is 0 Å². The highest BCUT2D eigenvalue weighted by molar-refractivity contribution is 7.89. The molecule has 1 aliphatic heterocycles. The zero-order chi connectivity index (χ0) is 53.9. The molecule has 0 bridgehead atoms. The molecule has 396 valence electrons. The molecule has 0 fully saturated rings. The first-order valence-corrected chi connectivity index (χ1v) is 27.4. The van der Waals surface area contributed by atoms with E-state index in [1.54, 1.807) is 24.2 Å². The average molecular weight is 1060 g/mol. The first kappa shape index (κ1) is 55.3. The summed E-state index contributed by atoms with van der Waals surface area (Å²) in [6.07, 6.45) is 4.08. The lowest BCUT2D eigenvalue weighted by Crippen LogP contribution is -2.56. The normalized spacial score (nSPS) is 14.6. The number of anilines is 2. The van der Waals surface area contributed by atoms with Gasteiger partial charge in [-0.1, -0.05) is 97.1 Å². The number of fused-ring (bicyclic) bond motifs is 1. The number of amides is 2. The minimum absolute atomic E-state index is 0.116. The maximum absolute atomic E-state index is 14.0. The summed E-state index contributed by atoms with van der Waals surface area (Å²) in [6.45, 7) is 3.11. The van der Waals surface area contributed by atoms with Crippen LogP contribution in [-0.4, -0.2) is 116 Å². The number of carboxylic acids is 1. The highest BCUT2D eigenvalue weighted by Crippen LogP contribution is 2.42. The Labute approximate surface area is 436 Å². The van der Waals surface area contributed by atoms with Gasteiger partial charge in [0.05, 0.1) is 23.7 Å². The van der Waals surface area contributed by atoms with E-state index in [9.17, 15) is 41.1 Å². The van der Waals surface area contributed by atoms with Gasteiger partial charge in [-0.15, -0.1) is 0 Å². The van der Waals surface area contributed by atoms with Gasteiger partial charge in [0.2, 0.25) is 28.3 Å². The molecule has 7 rings (SSSR count). The Balaban J connectivity index is 1.01. The van der Waals surface area contributed by atoms with Crippen LogP contribution in [-0.2, 0) is 46.6 Å². The number of ketones is 1. The Morgan fingerprint density at radius 3 is 2.07 bits per heavy atom. The number of carboxylic acid groups (broad SMARTS) is 1. The standard InChI is InChI=1S/C54H62N8O11S2/c1-37-29-44(73-28-14-22-49(65)56-25-13-21-43(55)35-74(68,69)70)30-38(2)51(37)75(71,72)59-46(52(66)67)34-61(36-63)50-32-48(64)45-24-23-39(31-47(45)60(50)3)33-58-53-57-26-27-62(53)54(40-15-7-4-8-16-40,41-17-9-5-10-18-41)42-19-11-6-12-20-42/h4-12,15-20,23-24,26-27,29-31,36,43,46,50,59H,13-14,21-22,25,28,32-35,55H2,1-3H3,(H,56,65)(H,57,58)(H,66,67)(H,68,69,70)/t43-,46+,50?/m1/s1. The molecular formula is C54H62N8O11S2. The lowest BCUT2D eigenvalue weighted by molar-refractivity contribution is -0.140. The number of nitrogens with zero attached hydrogens (tertiary/aromatic N) is 4. The number of benzene rings is 5. The second-order valence-electron chi connectivity index (χ2n) is 18.5. The van der Waals surface area contributed by atoms with Crippen LogP contribution in [0.15, 0.2) is 139 Å². The van der Waals surface area contributed by atoms with E-state index in [1.165, 1.54) is 26.0 Å². The second kappa shape index (κ2) is 24.3. The van der Waals surface area contributed by atoms with Crippen LogP contribution in [0, 0.1) is 13.8 Å². The molecule has 1 unspecified atom stereocenters. The van der Waals surface area contributed by atoms with Crippen molar-refractivity contribution in [2.75, 3.05) is 42.7 Å². The van der Waals surface area contributed by atoms with E-state index in [0.717, 1.165) is 27.2 Å². The molecule has 5 aromatic carbocycles. The Bertz CT molecular complexity index is 3080. The van der Waals surface area contributed by atoms with Crippen LogP contribution in [0.1, 0.15) is 75.8 Å². The van der Waals surface area contributed by atoms with Crippen molar-refractivity contribution in [3.8, 4) is 5.75 Å². The van der Waals surface area contributed by atoms with E-state index in [1.807, 2.05) is 72.9 Å². The topological polar surface area (TPSA) is 273 Å². The zero-order valence-electron chi connectivity index (χ0n) is 41.8. The molecule has 6 aromatic rings. The minimum atomic E-state index is -4.52. The van der Waals surface area contributed by atoms with Crippen molar-refractivity contribution in [2.24, 2.45) is 5.73 Å². The summed E-state index contributed by atoms with van der Waals surface area (Å²) in [5.74, 6) is -1.76. The molecule has 1 aliphatic rings. The third kappa shape index (κ3) is 13.3. The van der Waals surface area contributed by atoms with E-state index < -0.39 is 62.2 Å². The SMILES string of the molecule is Cc1cc(OCCCC(=O)NCCC[C@@H](N)CS(=O)(=O)O)cc(C)c1S(=O)(=O)N[C@@H](CN(C=O)C1CC(=O)c2ccc(CNc3nccn3C(c3ccccc3)(c3ccccc3)c3ccccc3)cc2N1C)C(=O)O. The lowest BCUT2D eigenvalue weighted by Gasteiger charge is -2.41. The Hall–Kier alpha value is -7.43. The first-order valence-electron chi connectivity index (χ1n) is 24.3. The number of carbonyl (C=O) groups excluding carboxylic acids is 3. The molecule has 0 spiro atoms. The Kier molecular flexibility index (Phi) is 17.9. The molecule has 7 N–H and O–H groups in total. The largest absolute Gasteiger partial charge is 0.494 e. The van der Waals surface area contributed by atoms with Crippen molar-refractivity contribution in [1.82, 2.24) is 24.5 Å². The smallest absolute Gasteiger partial charge is 0.323 e. The van der Waals surface area contributed by atoms with Gasteiger partial charge in [-0.25, -0.2) is 13.4 Å². The van der Waals surface area contributed by atoms with Gasteiger partial charge in [-0.3, -0.25) is 28.3 Å². The van der Waals surface area contributed by atoms with Gasteiger partial charge in [0.25, 0.3) is 10.1 Å². The zero-order valence-corrected chi connectivity index (χ0v) is 43.5. The average Bonchev–Trinajstić information content (AvgIpc) is 3.85. The minimum Gasteiger partial charge on any atom is -0.494 e. The maximum Gasteiger partial charge on any atom is 0.323 e. The van der Waals surface area contributed by atoms with Crippen molar-refractivity contribution in [1.29, 1.82) is 0 Å². The molecule has 3 atom stereocenters. The number of aliphatic carboxylic acids is 1. The number of nitrogens with two attached hydrogens (primary N) is 1. The molecule has 19 nitrogen and oxygen atoms in total. The molecule has 0 saturated heterocycles. The predicted molar refractivity (Wildman–Crippen MR) is 284 cm³/mol. The fourth-order valence-corrected chi connectivity index (χ4v) is 12.0. The third-order valence-electron chi connectivity index (χ3n) is 13.1. The van der Waals surface area contributed by atoms with Gasteiger partial charge in [-0.05, 0) is 90.8 Å². The number of aromatic nitrogens is 2. The van der Waals surface area contributed by atoms with Gasteiger partial charge in [0, 0.05) is 62.8 Å². The van der Waals surface area contributed by atoms with E-state index in [-0.39, 0.29) is 66.7 Å². The number of carbonyl (C=O) groups is 4. The molecule has 1 aromatic heterocycles. The van der Waals surface area contributed by atoms with Crippen LogP contribution in [0.3, 0.4) is 0 Å². The fraction of sp³-hybridized carbons (Fsp3) is 0.315. The van der Waals surface area contributed by atoms with E-state index >= 15 is 0 Å². The van der Waals surface area contributed by atoms with Crippen LogP contribution in [0.5, 0.6) is 5.75 Å². The van der Waals surface area contributed by atoms with Gasteiger partial charge >= 0.3 is 5.97 Å². The first-order chi connectivity index (χ1) is 35.8. The van der Waals surface area contributed by atoms with Crippen molar-refractivity contribution in [2.45, 2.75) is 81.2 Å². The van der Waals surface area contributed by atoms with Crippen LogP contribution in [0.25, 0.3) is 0 Å². The maximum atomic E-state index is 14.0. The summed E-state index contributed by atoms with van der Waals surface area (Å²) in [5, 5.41) is 16.6. The summed E-state index contributed by atoms with van der Waals surface area (Å²) in [6, 6.07) is 36.3. The van der Waals surface area contributed by atoms with Gasteiger partial charge in [0.15, 0.2) is 5.78 Å². The molecule has 2 amide bonds. The van der Waals surface area contributed by atoms with Crippen molar-refractivity contribution >= 4 is 55.8 Å². The number of imidazole rings is 1. The van der Waals surface area contributed by atoms with Crippen LogP contribution in [0.2, 0.25) is 0 Å². The molecule has 2 heterocycles. The number of sulfonamides is 1. The summed E-state index contributed by atoms with van der Waals surface area (Å²) >= 11 is 0. The lowest BCUT2D eigenvalue weighted by atomic mass is 9.76. The molecule has 21 heteroatoms. The van der Waals surface area contributed by atoms with Crippen LogP contribution in [0.4, 0.5) is 11.6 Å². The second-order valence-corrected chi connectivity index (χ2v) is 21.7. The number of hydrogen-bond acceptors (Lipinski definition) is 13. The number of nitrogens with one attached hydrogen (secondary N) is 3. The number of Topliss-reactive ketones (excluding diaryl/α,β-unsaturated/α-hetero) is 1. The molecular weight excluding hydrogens is 1000 g/mol. The highest BCUT2D eigenvalue weighted by atomic mass is 32.2. The summed E-state index contributed by atoms with van der Waals surface area (Å²) in [5.41, 5.74) is 10.1. The van der Waals surface area contributed by atoms with Crippen LogP contribution >= 0.6 is 0 Å². The van der Waals surface area contributed by atoms with E-state index in [0.29, 0.717) is 42.2 Å². The van der Waals surface area contributed by atoms with Gasteiger partial charge < -0.3 is 36.0 Å². The van der Waals surface area contributed by atoms with E-state index in [2.05, 4.69) is 56.3 Å². The van der Waals surface area contributed by atoms with Gasteiger partial charge in [0.1, 0.15) is 23.5 Å². The van der Waals surface area contributed by atoms with E-state index in [4.69, 9.17) is 20.0 Å². The van der Waals surface area contributed by atoms with Crippen molar-refractivity contribution < 1.29 is 50.4 Å². The quantitative estimate of drug-likeness (QED) is 0.0170. The molecule has 0 aliphatic carbocycles. The third-order valence-corrected chi connectivity index (χ3v) is 15.7.